The molecule has 0 bridgehead atoms. The molecule has 0 saturated carbocycles. The van der Waals surface area contributed by atoms with Gasteiger partial charge in [0.2, 0.25) is 0 Å². The minimum atomic E-state index is -0.0974. The Morgan fingerprint density at radius 2 is 2.11 bits per heavy atom. The third kappa shape index (κ3) is 3.34. The van der Waals surface area contributed by atoms with Gasteiger partial charge in [0, 0.05) is 12.2 Å². The summed E-state index contributed by atoms with van der Waals surface area (Å²) in [5, 5.41) is 9.45. The van der Waals surface area contributed by atoms with Crippen LogP contribution in [-0.2, 0) is 6.42 Å². The number of aromatic nitrogens is 2. The lowest BCUT2D eigenvalue weighted by molar-refractivity contribution is 0.0953. The van der Waals surface area contributed by atoms with Crippen molar-refractivity contribution in [3.63, 3.8) is 0 Å². The van der Waals surface area contributed by atoms with Crippen LogP contribution in [0.1, 0.15) is 21.6 Å². The molecule has 0 aliphatic rings. The Morgan fingerprint density at radius 1 is 1.37 bits per heavy atom. The molecular weight excluding hydrogens is 242 g/mol. The Bertz CT molecular complexity index is 546. The number of hydrogen-bond acceptors (Lipinski definition) is 3. The van der Waals surface area contributed by atoms with Gasteiger partial charge in [0.15, 0.2) is 0 Å². The molecule has 0 unspecified atom stereocenters. The third-order valence-corrected chi connectivity index (χ3v) is 2.93. The van der Waals surface area contributed by atoms with Gasteiger partial charge in [-0.3, -0.25) is 9.89 Å². The molecule has 2 N–H and O–H groups in total. The van der Waals surface area contributed by atoms with E-state index in [1.807, 2.05) is 31.2 Å². The van der Waals surface area contributed by atoms with Crippen LogP contribution in [0, 0.1) is 6.92 Å². The minimum Gasteiger partial charge on any atom is -0.497 e. The first-order chi connectivity index (χ1) is 9.20. The number of methoxy groups -OCH3 is 1. The van der Waals surface area contributed by atoms with Gasteiger partial charge in [0.05, 0.1) is 18.9 Å². The van der Waals surface area contributed by atoms with Crippen molar-refractivity contribution in [2.75, 3.05) is 13.7 Å². The van der Waals surface area contributed by atoms with Gasteiger partial charge in [-0.1, -0.05) is 12.1 Å². The van der Waals surface area contributed by atoms with Crippen LogP contribution in [0.2, 0.25) is 0 Å². The van der Waals surface area contributed by atoms with Crippen LogP contribution in [0.4, 0.5) is 0 Å². The number of aromatic amines is 1. The summed E-state index contributed by atoms with van der Waals surface area (Å²) >= 11 is 0. The Labute approximate surface area is 112 Å². The molecule has 0 aliphatic heterocycles. The lowest BCUT2D eigenvalue weighted by Crippen LogP contribution is -2.25. The Hall–Kier alpha value is -2.30. The largest absolute Gasteiger partial charge is 0.497 e. The predicted molar refractivity (Wildman–Crippen MR) is 72.4 cm³/mol. The van der Waals surface area contributed by atoms with Gasteiger partial charge in [-0.15, -0.1) is 0 Å². The molecule has 5 nitrogen and oxygen atoms in total. The smallest absolute Gasteiger partial charge is 0.254 e. The van der Waals surface area contributed by atoms with Crippen LogP contribution in [0.15, 0.2) is 30.5 Å². The van der Waals surface area contributed by atoms with E-state index in [-0.39, 0.29) is 5.91 Å². The number of amides is 1. The van der Waals surface area contributed by atoms with Crippen molar-refractivity contribution in [1.29, 1.82) is 0 Å². The molecule has 0 radical (unpaired) electrons. The SMILES string of the molecule is COc1ccc(CCNC(=O)c2cn[nH]c2C)cc1. The number of hydrogen-bond donors (Lipinski definition) is 2. The first-order valence-corrected chi connectivity index (χ1v) is 6.12. The molecule has 1 aromatic heterocycles. The Balaban J connectivity index is 1.83. The van der Waals surface area contributed by atoms with E-state index in [1.165, 1.54) is 6.20 Å². The topological polar surface area (TPSA) is 67.0 Å². The molecule has 2 rings (SSSR count). The average molecular weight is 259 g/mol. The predicted octanol–water partition coefficient (Wildman–Crippen LogP) is 1.70. The molecule has 1 aromatic carbocycles. The van der Waals surface area contributed by atoms with Gasteiger partial charge in [-0.2, -0.15) is 5.10 Å². The highest BCUT2D eigenvalue weighted by atomic mass is 16.5. The monoisotopic (exact) mass is 259 g/mol. The number of H-pyrrole nitrogens is 1. The van der Waals surface area contributed by atoms with Crippen molar-refractivity contribution in [2.45, 2.75) is 13.3 Å². The van der Waals surface area contributed by atoms with Gasteiger partial charge in [0.1, 0.15) is 5.75 Å². The first-order valence-electron chi connectivity index (χ1n) is 6.12. The van der Waals surface area contributed by atoms with E-state index in [1.54, 1.807) is 7.11 Å². The third-order valence-electron chi connectivity index (χ3n) is 2.93. The molecule has 100 valence electrons. The zero-order chi connectivity index (χ0) is 13.7. The first kappa shape index (κ1) is 13.1. The van der Waals surface area contributed by atoms with Crippen molar-refractivity contribution >= 4 is 5.91 Å². The molecule has 0 aliphatic carbocycles. The van der Waals surface area contributed by atoms with Gasteiger partial charge in [0.25, 0.3) is 5.91 Å². The summed E-state index contributed by atoms with van der Waals surface area (Å²) in [7, 11) is 1.64. The standard InChI is InChI=1S/C14H17N3O2/c1-10-13(9-16-17-10)14(18)15-8-7-11-3-5-12(19-2)6-4-11/h3-6,9H,7-8H2,1-2H3,(H,15,18)(H,16,17). The maximum absolute atomic E-state index is 11.8. The molecule has 5 heteroatoms. The maximum atomic E-state index is 11.8. The van der Waals surface area contributed by atoms with Gasteiger partial charge < -0.3 is 10.1 Å². The van der Waals surface area contributed by atoms with Gasteiger partial charge in [-0.05, 0) is 31.0 Å². The number of benzene rings is 1. The summed E-state index contributed by atoms with van der Waals surface area (Å²) < 4.78 is 5.09. The normalized spacial score (nSPS) is 10.2. The number of nitrogens with zero attached hydrogens (tertiary/aromatic N) is 1. The summed E-state index contributed by atoms with van der Waals surface area (Å²) in [4.78, 5) is 11.8. The van der Waals surface area contributed by atoms with Crippen molar-refractivity contribution in [2.24, 2.45) is 0 Å². The van der Waals surface area contributed by atoms with E-state index in [0.29, 0.717) is 12.1 Å². The van der Waals surface area contributed by atoms with Crippen molar-refractivity contribution < 1.29 is 9.53 Å². The zero-order valence-corrected chi connectivity index (χ0v) is 11.1. The number of nitrogens with one attached hydrogen (secondary N) is 2. The summed E-state index contributed by atoms with van der Waals surface area (Å²) in [5.41, 5.74) is 2.53. The Morgan fingerprint density at radius 3 is 2.68 bits per heavy atom. The van der Waals surface area contributed by atoms with Crippen LogP contribution >= 0.6 is 0 Å². The highest BCUT2D eigenvalue weighted by molar-refractivity contribution is 5.94. The molecule has 0 saturated heterocycles. The second-order valence-corrected chi connectivity index (χ2v) is 4.26. The second kappa shape index (κ2) is 6.04. The van der Waals surface area contributed by atoms with E-state index in [2.05, 4.69) is 15.5 Å². The van der Waals surface area contributed by atoms with Crippen LogP contribution < -0.4 is 10.1 Å². The molecule has 19 heavy (non-hydrogen) atoms. The van der Waals surface area contributed by atoms with Crippen LogP contribution in [0.5, 0.6) is 5.75 Å². The number of aryl methyl sites for hydroxylation is 1. The van der Waals surface area contributed by atoms with E-state index in [9.17, 15) is 4.79 Å². The molecule has 0 atom stereocenters. The van der Waals surface area contributed by atoms with Crippen molar-refractivity contribution in [3.05, 3.63) is 47.3 Å². The molecule has 1 amide bonds. The fourth-order valence-electron chi connectivity index (χ4n) is 1.79. The summed E-state index contributed by atoms with van der Waals surface area (Å²) in [6.07, 6.45) is 2.32. The fraction of sp³-hybridized carbons (Fsp3) is 0.286. The molecule has 0 fully saturated rings. The van der Waals surface area contributed by atoms with Crippen LogP contribution in [0.25, 0.3) is 0 Å². The lowest BCUT2D eigenvalue weighted by atomic mass is 10.1. The second-order valence-electron chi connectivity index (χ2n) is 4.26. The van der Waals surface area contributed by atoms with Crippen molar-refractivity contribution in [1.82, 2.24) is 15.5 Å². The molecular formula is C14H17N3O2. The number of carbonyl (C=O) groups excluding carboxylic acids is 1. The van der Waals surface area contributed by atoms with E-state index < -0.39 is 0 Å². The number of carbonyl (C=O) groups is 1. The molecule has 1 heterocycles. The summed E-state index contributed by atoms with van der Waals surface area (Å²) in [6.45, 7) is 2.42. The van der Waals surface area contributed by atoms with Crippen molar-refractivity contribution in [3.8, 4) is 5.75 Å². The maximum Gasteiger partial charge on any atom is 0.254 e. The number of rotatable bonds is 5. The zero-order valence-electron chi connectivity index (χ0n) is 11.1. The van der Waals surface area contributed by atoms with Gasteiger partial charge >= 0.3 is 0 Å². The van der Waals surface area contributed by atoms with Crippen LogP contribution in [0.3, 0.4) is 0 Å². The Kier molecular flexibility index (Phi) is 4.18. The van der Waals surface area contributed by atoms with Crippen LogP contribution in [-0.4, -0.2) is 29.8 Å². The highest BCUT2D eigenvalue weighted by Crippen LogP contribution is 2.11. The van der Waals surface area contributed by atoms with E-state index in [0.717, 1.165) is 23.4 Å². The minimum absolute atomic E-state index is 0.0974. The fourth-order valence-corrected chi connectivity index (χ4v) is 1.79. The quantitative estimate of drug-likeness (QED) is 0.858. The van der Waals surface area contributed by atoms with Gasteiger partial charge in [-0.25, -0.2) is 0 Å². The average Bonchev–Trinajstić information content (AvgIpc) is 2.86. The summed E-state index contributed by atoms with van der Waals surface area (Å²) in [5.74, 6) is 0.738. The number of ether oxygens (including phenoxy) is 1. The summed E-state index contributed by atoms with van der Waals surface area (Å²) in [6, 6.07) is 7.82. The highest BCUT2D eigenvalue weighted by Gasteiger charge is 2.09. The molecule has 0 spiro atoms. The molecule has 2 aromatic rings. The van der Waals surface area contributed by atoms with E-state index in [4.69, 9.17) is 4.74 Å². The van der Waals surface area contributed by atoms with E-state index >= 15 is 0 Å². The lowest BCUT2D eigenvalue weighted by Gasteiger charge is -2.05.